The lowest BCUT2D eigenvalue weighted by molar-refractivity contribution is -0.128. The van der Waals surface area contributed by atoms with Gasteiger partial charge in [-0.15, -0.1) is 0 Å². The molecule has 3 unspecified atom stereocenters. The second kappa shape index (κ2) is 5.23. The number of aryl methyl sites for hydroxylation is 1. The standard InChI is InChI=1S/C16H23NO/c1-11-5-7-15(8-6-11)14(4)17-10-9-16(18)12(2)13(17)3/h5-8,12-14H,9-10H2,1-4H3. The van der Waals surface area contributed by atoms with Crippen LogP contribution >= 0.6 is 0 Å². The molecule has 2 rings (SSSR count). The Morgan fingerprint density at radius 3 is 2.44 bits per heavy atom. The van der Waals surface area contributed by atoms with E-state index >= 15 is 0 Å². The number of nitrogens with zero attached hydrogens (tertiary/aromatic N) is 1. The van der Waals surface area contributed by atoms with E-state index in [2.05, 4.69) is 56.9 Å². The quantitative estimate of drug-likeness (QED) is 0.796. The van der Waals surface area contributed by atoms with Gasteiger partial charge in [0.1, 0.15) is 5.78 Å². The topological polar surface area (TPSA) is 20.3 Å². The van der Waals surface area contributed by atoms with Gasteiger partial charge in [-0.3, -0.25) is 9.69 Å². The first-order valence-corrected chi connectivity index (χ1v) is 6.85. The number of hydrogen-bond donors (Lipinski definition) is 0. The minimum absolute atomic E-state index is 0.159. The van der Waals surface area contributed by atoms with Crippen LogP contribution in [0.1, 0.15) is 44.4 Å². The van der Waals surface area contributed by atoms with Gasteiger partial charge in [-0.2, -0.15) is 0 Å². The van der Waals surface area contributed by atoms with Crippen LogP contribution in [0.3, 0.4) is 0 Å². The van der Waals surface area contributed by atoms with E-state index in [1.165, 1.54) is 11.1 Å². The summed E-state index contributed by atoms with van der Waals surface area (Å²) in [5.41, 5.74) is 2.63. The molecule has 2 heteroatoms. The van der Waals surface area contributed by atoms with Crippen LogP contribution in [0.25, 0.3) is 0 Å². The van der Waals surface area contributed by atoms with Crippen molar-refractivity contribution < 1.29 is 4.79 Å². The molecule has 0 saturated carbocycles. The van der Waals surface area contributed by atoms with E-state index in [-0.39, 0.29) is 5.92 Å². The second-order valence-electron chi connectivity index (χ2n) is 5.57. The predicted octanol–water partition coefficient (Wildman–Crippen LogP) is 3.36. The number of piperidine rings is 1. The third-order valence-electron chi connectivity index (χ3n) is 4.43. The normalized spacial score (nSPS) is 27.2. The Hall–Kier alpha value is -1.15. The van der Waals surface area contributed by atoms with Crippen LogP contribution in [0.4, 0.5) is 0 Å². The molecule has 1 aliphatic heterocycles. The van der Waals surface area contributed by atoms with E-state index in [1.54, 1.807) is 0 Å². The van der Waals surface area contributed by atoms with Crippen molar-refractivity contribution in [2.24, 2.45) is 5.92 Å². The van der Waals surface area contributed by atoms with Gasteiger partial charge in [-0.25, -0.2) is 0 Å². The van der Waals surface area contributed by atoms with Gasteiger partial charge in [-0.05, 0) is 26.3 Å². The molecular formula is C16H23NO. The van der Waals surface area contributed by atoms with E-state index < -0.39 is 0 Å². The summed E-state index contributed by atoms with van der Waals surface area (Å²) in [7, 11) is 0. The molecule has 0 aromatic heterocycles. The largest absolute Gasteiger partial charge is 0.299 e. The molecule has 1 aromatic carbocycles. The highest BCUT2D eigenvalue weighted by atomic mass is 16.1. The number of carbonyl (C=O) groups is 1. The Bertz CT molecular complexity index is 423. The van der Waals surface area contributed by atoms with E-state index in [4.69, 9.17) is 0 Å². The summed E-state index contributed by atoms with van der Waals surface area (Å²) in [6, 6.07) is 9.45. The molecule has 0 radical (unpaired) electrons. The van der Waals surface area contributed by atoms with Crippen LogP contribution < -0.4 is 0 Å². The van der Waals surface area contributed by atoms with Crippen LogP contribution in [0.15, 0.2) is 24.3 Å². The number of carbonyl (C=O) groups excluding carboxylic acids is 1. The minimum Gasteiger partial charge on any atom is -0.299 e. The van der Waals surface area contributed by atoms with Crippen LogP contribution in [-0.2, 0) is 4.79 Å². The molecule has 18 heavy (non-hydrogen) atoms. The Kier molecular flexibility index (Phi) is 3.86. The van der Waals surface area contributed by atoms with Crippen molar-refractivity contribution in [2.45, 2.75) is 46.2 Å². The summed E-state index contributed by atoms with van der Waals surface area (Å²) in [4.78, 5) is 14.2. The zero-order valence-corrected chi connectivity index (χ0v) is 11.8. The monoisotopic (exact) mass is 245 g/mol. The van der Waals surface area contributed by atoms with Gasteiger partial charge in [0.05, 0.1) is 0 Å². The number of hydrogen-bond acceptors (Lipinski definition) is 2. The number of Topliss-reactive ketones (excluding diaryl/α,β-unsaturated/α-hetero) is 1. The fourth-order valence-corrected chi connectivity index (χ4v) is 2.81. The Morgan fingerprint density at radius 2 is 1.83 bits per heavy atom. The van der Waals surface area contributed by atoms with Crippen LogP contribution in [0.2, 0.25) is 0 Å². The van der Waals surface area contributed by atoms with Crippen molar-refractivity contribution in [2.75, 3.05) is 6.54 Å². The molecule has 0 spiro atoms. The van der Waals surface area contributed by atoms with Crippen molar-refractivity contribution in [3.8, 4) is 0 Å². The lowest BCUT2D eigenvalue weighted by Gasteiger charge is -2.41. The molecule has 0 aliphatic carbocycles. The fraction of sp³-hybridized carbons (Fsp3) is 0.562. The first kappa shape index (κ1) is 13.3. The number of ketones is 1. The van der Waals surface area contributed by atoms with Gasteiger partial charge < -0.3 is 0 Å². The molecule has 2 nitrogen and oxygen atoms in total. The van der Waals surface area contributed by atoms with Gasteiger partial charge in [0.15, 0.2) is 0 Å². The first-order valence-electron chi connectivity index (χ1n) is 6.85. The van der Waals surface area contributed by atoms with Crippen molar-refractivity contribution in [3.05, 3.63) is 35.4 Å². The van der Waals surface area contributed by atoms with Gasteiger partial charge in [-0.1, -0.05) is 36.8 Å². The Morgan fingerprint density at radius 1 is 1.22 bits per heavy atom. The molecule has 0 amide bonds. The molecule has 1 saturated heterocycles. The van der Waals surface area contributed by atoms with Gasteiger partial charge in [0.2, 0.25) is 0 Å². The third-order valence-corrected chi connectivity index (χ3v) is 4.43. The SMILES string of the molecule is Cc1ccc(C(C)N2CCC(=O)C(C)C2C)cc1. The Labute approximate surface area is 110 Å². The summed E-state index contributed by atoms with van der Waals surface area (Å²) in [5.74, 6) is 0.571. The van der Waals surface area contributed by atoms with Crippen molar-refractivity contribution in [1.82, 2.24) is 4.90 Å². The fourth-order valence-electron chi connectivity index (χ4n) is 2.81. The highest BCUT2D eigenvalue weighted by Gasteiger charge is 2.33. The predicted molar refractivity (Wildman–Crippen MR) is 74.6 cm³/mol. The van der Waals surface area contributed by atoms with Gasteiger partial charge in [0.25, 0.3) is 0 Å². The highest BCUT2D eigenvalue weighted by Crippen LogP contribution is 2.29. The molecule has 0 bridgehead atoms. The van der Waals surface area contributed by atoms with Crippen LogP contribution in [0.5, 0.6) is 0 Å². The van der Waals surface area contributed by atoms with E-state index in [1.807, 2.05) is 0 Å². The van der Waals surface area contributed by atoms with Crippen LogP contribution in [-0.4, -0.2) is 23.3 Å². The summed E-state index contributed by atoms with van der Waals surface area (Å²) in [5, 5.41) is 0. The second-order valence-corrected chi connectivity index (χ2v) is 5.57. The molecular weight excluding hydrogens is 222 g/mol. The smallest absolute Gasteiger partial charge is 0.138 e. The maximum Gasteiger partial charge on any atom is 0.138 e. The maximum absolute atomic E-state index is 11.7. The van der Waals surface area contributed by atoms with E-state index in [0.717, 1.165) is 6.54 Å². The number of rotatable bonds is 2. The lowest BCUT2D eigenvalue weighted by atomic mass is 9.88. The average molecular weight is 245 g/mol. The zero-order valence-electron chi connectivity index (χ0n) is 11.8. The molecule has 1 heterocycles. The van der Waals surface area contributed by atoms with Crippen molar-refractivity contribution in [1.29, 1.82) is 0 Å². The summed E-state index contributed by atoms with van der Waals surface area (Å²) >= 11 is 0. The van der Waals surface area contributed by atoms with Crippen molar-refractivity contribution >= 4 is 5.78 Å². The molecule has 1 aliphatic rings. The summed E-state index contributed by atoms with van der Waals surface area (Å²) < 4.78 is 0. The molecule has 98 valence electrons. The van der Waals surface area contributed by atoms with E-state index in [9.17, 15) is 4.79 Å². The molecule has 3 atom stereocenters. The summed E-state index contributed by atoms with van der Waals surface area (Å²) in [6.07, 6.45) is 0.696. The third kappa shape index (κ3) is 2.49. The highest BCUT2D eigenvalue weighted by molar-refractivity contribution is 5.82. The molecule has 1 fully saturated rings. The number of likely N-dealkylation sites (tertiary alicyclic amines) is 1. The van der Waals surface area contributed by atoms with Crippen LogP contribution in [0, 0.1) is 12.8 Å². The Balaban J connectivity index is 2.16. The van der Waals surface area contributed by atoms with Crippen molar-refractivity contribution in [3.63, 3.8) is 0 Å². The molecule has 1 aromatic rings. The molecule has 0 N–H and O–H groups in total. The first-order chi connectivity index (χ1) is 8.50. The minimum atomic E-state index is 0.159. The zero-order chi connectivity index (χ0) is 13.3. The maximum atomic E-state index is 11.7. The lowest BCUT2D eigenvalue weighted by Crippen LogP contribution is -2.47. The number of benzene rings is 1. The van der Waals surface area contributed by atoms with Gasteiger partial charge in [0, 0.05) is 31.0 Å². The van der Waals surface area contributed by atoms with Gasteiger partial charge >= 0.3 is 0 Å². The average Bonchev–Trinajstić information content (AvgIpc) is 2.36. The summed E-state index contributed by atoms with van der Waals surface area (Å²) in [6.45, 7) is 9.47. The van der Waals surface area contributed by atoms with E-state index in [0.29, 0.717) is 24.3 Å².